The highest BCUT2D eigenvalue weighted by atomic mass is 79.9. The lowest BCUT2D eigenvalue weighted by Gasteiger charge is -2.04. The molecule has 0 unspecified atom stereocenters. The first kappa shape index (κ1) is 11.6. The number of hydrogen-bond acceptors (Lipinski definition) is 5. The summed E-state index contributed by atoms with van der Waals surface area (Å²) in [6, 6.07) is 1.42. The van der Waals surface area contributed by atoms with E-state index in [1.165, 1.54) is 34.5 Å². The molecule has 2 aromatic heterocycles. The predicted molar refractivity (Wildman–Crippen MR) is 63.8 cm³/mol. The van der Waals surface area contributed by atoms with Crippen molar-refractivity contribution in [3.63, 3.8) is 0 Å². The normalized spacial score (nSPS) is 11.6. The van der Waals surface area contributed by atoms with Crippen molar-refractivity contribution in [1.82, 2.24) is 14.8 Å². The van der Waals surface area contributed by atoms with E-state index in [0.717, 1.165) is 3.79 Å². The van der Waals surface area contributed by atoms with E-state index < -0.39 is 10.0 Å². The molecule has 0 spiro atoms. The Morgan fingerprint density at radius 2 is 2.31 bits per heavy atom. The summed E-state index contributed by atoms with van der Waals surface area (Å²) < 4.78 is 28.2. The summed E-state index contributed by atoms with van der Waals surface area (Å²) >= 11 is 4.41. The Bertz CT molecular complexity index is 603. The summed E-state index contributed by atoms with van der Waals surface area (Å²) in [6.45, 7) is 0. The highest BCUT2D eigenvalue weighted by Crippen LogP contribution is 2.25. The number of aryl methyl sites for hydroxylation is 1. The fourth-order valence-electron chi connectivity index (χ4n) is 1.09. The van der Waals surface area contributed by atoms with Gasteiger partial charge in [-0.05, 0) is 22.0 Å². The molecule has 6 nitrogen and oxygen atoms in total. The third-order valence-corrected chi connectivity index (χ3v) is 4.68. The zero-order chi connectivity index (χ0) is 11.8. The molecule has 0 bridgehead atoms. The van der Waals surface area contributed by atoms with Crippen LogP contribution in [0.15, 0.2) is 27.3 Å². The molecule has 9 heteroatoms. The number of rotatable bonds is 3. The number of halogens is 1. The lowest BCUT2D eigenvalue weighted by Crippen LogP contribution is -2.16. The molecule has 86 valence electrons. The van der Waals surface area contributed by atoms with Crippen LogP contribution in [-0.2, 0) is 17.1 Å². The second-order valence-electron chi connectivity index (χ2n) is 2.87. The molecule has 2 rings (SSSR count). The van der Waals surface area contributed by atoms with E-state index in [0.29, 0.717) is 5.13 Å². The number of hydrogen-bond donors (Lipinski definition) is 1. The van der Waals surface area contributed by atoms with Crippen molar-refractivity contribution in [2.24, 2.45) is 7.05 Å². The van der Waals surface area contributed by atoms with Crippen molar-refractivity contribution in [1.29, 1.82) is 0 Å². The van der Waals surface area contributed by atoms with Crippen LogP contribution >= 0.6 is 27.3 Å². The van der Waals surface area contributed by atoms with E-state index in [4.69, 9.17) is 0 Å². The van der Waals surface area contributed by atoms with Crippen LogP contribution in [0.2, 0.25) is 0 Å². The summed E-state index contributed by atoms with van der Waals surface area (Å²) in [4.78, 5) is 3.89. The average molecular weight is 323 g/mol. The van der Waals surface area contributed by atoms with Crippen molar-refractivity contribution in [2.75, 3.05) is 4.72 Å². The van der Waals surface area contributed by atoms with E-state index in [-0.39, 0.29) is 5.03 Å². The van der Waals surface area contributed by atoms with Crippen LogP contribution in [0.1, 0.15) is 0 Å². The zero-order valence-electron chi connectivity index (χ0n) is 8.08. The molecule has 0 saturated carbocycles. The summed E-state index contributed by atoms with van der Waals surface area (Å²) in [5.41, 5.74) is 0. The first-order valence-electron chi connectivity index (χ1n) is 4.11. The largest absolute Gasteiger partial charge is 0.280 e. The Morgan fingerprint density at radius 3 is 2.81 bits per heavy atom. The van der Waals surface area contributed by atoms with Crippen LogP contribution in [0.4, 0.5) is 5.13 Å². The minimum absolute atomic E-state index is 0.0961. The molecule has 2 heterocycles. The third-order valence-electron chi connectivity index (χ3n) is 1.75. The fraction of sp³-hybridized carbons (Fsp3) is 0.143. The van der Waals surface area contributed by atoms with Crippen LogP contribution in [0, 0.1) is 0 Å². The fourth-order valence-corrected chi connectivity index (χ4v) is 3.57. The Morgan fingerprint density at radius 1 is 1.56 bits per heavy atom. The van der Waals surface area contributed by atoms with Gasteiger partial charge in [0.15, 0.2) is 10.2 Å². The van der Waals surface area contributed by atoms with Gasteiger partial charge >= 0.3 is 0 Å². The van der Waals surface area contributed by atoms with Crippen LogP contribution < -0.4 is 4.72 Å². The van der Waals surface area contributed by atoms with Crippen LogP contribution in [0.25, 0.3) is 0 Å². The van der Waals surface area contributed by atoms with E-state index >= 15 is 0 Å². The van der Waals surface area contributed by atoms with Crippen LogP contribution in [0.5, 0.6) is 0 Å². The summed E-state index contributed by atoms with van der Waals surface area (Å²) in [7, 11) is -2.05. The molecule has 0 amide bonds. The maximum atomic E-state index is 11.9. The van der Waals surface area contributed by atoms with Gasteiger partial charge in [0.05, 0.1) is 16.2 Å². The number of nitrogens with zero attached hydrogens (tertiary/aromatic N) is 3. The van der Waals surface area contributed by atoms with Gasteiger partial charge in [0.1, 0.15) is 0 Å². The van der Waals surface area contributed by atoms with Gasteiger partial charge in [-0.25, -0.2) is 4.98 Å². The molecule has 0 saturated heterocycles. The molecule has 16 heavy (non-hydrogen) atoms. The second kappa shape index (κ2) is 4.15. The Labute approximate surface area is 104 Å². The first-order chi connectivity index (χ1) is 7.49. The van der Waals surface area contributed by atoms with Gasteiger partial charge in [-0.15, -0.1) is 0 Å². The number of anilines is 1. The Balaban J connectivity index is 2.31. The molecule has 0 radical (unpaired) electrons. The molecule has 1 N–H and O–H groups in total. The quantitative estimate of drug-likeness (QED) is 0.927. The second-order valence-corrected chi connectivity index (χ2v) is 6.91. The van der Waals surface area contributed by atoms with Gasteiger partial charge in [-0.3, -0.25) is 9.40 Å². The van der Waals surface area contributed by atoms with Gasteiger partial charge in [0.2, 0.25) is 0 Å². The Kier molecular flexibility index (Phi) is 3.00. The molecule has 0 aliphatic rings. The highest BCUT2D eigenvalue weighted by Gasteiger charge is 2.19. The summed E-state index contributed by atoms with van der Waals surface area (Å²) in [5, 5.41) is 4.21. The molecular formula is C7H7BrN4O2S2. The van der Waals surface area contributed by atoms with Gasteiger partial charge in [-0.1, -0.05) is 11.3 Å². The minimum atomic E-state index is -3.61. The van der Waals surface area contributed by atoms with Gasteiger partial charge < -0.3 is 0 Å². The lowest BCUT2D eigenvalue weighted by molar-refractivity contribution is 0.582. The standard InChI is InChI=1S/C7H7BrN4O2S2/c1-12-6(2-3-10-12)16(13,14)11-7-9-4-5(8)15-7/h2-4H,1H3,(H,9,11). The van der Waals surface area contributed by atoms with Crippen molar-refractivity contribution in [3.8, 4) is 0 Å². The van der Waals surface area contributed by atoms with Crippen molar-refractivity contribution in [2.45, 2.75) is 5.03 Å². The van der Waals surface area contributed by atoms with Crippen molar-refractivity contribution >= 4 is 42.4 Å². The smallest absolute Gasteiger partial charge is 0.256 e. The first-order valence-corrected chi connectivity index (χ1v) is 7.20. The number of sulfonamides is 1. The number of aromatic nitrogens is 3. The van der Waals surface area contributed by atoms with Crippen LogP contribution in [-0.4, -0.2) is 23.2 Å². The molecule has 0 aliphatic heterocycles. The topological polar surface area (TPSA) is 76.9 Å². The van der Waals surface area contributed by atoms with E-state index in [1.54, 1.807) is 7.05 Å². The minimum Gasteiger partial charge on any atom is -0.256 e. The lowest BCUT2D eigenvalue weighted by atomic mass is 10.7. The van der Waals surface area contributed by atoms with Gasteiger partial charge in [0.25, 0.3) is 10.0 Å². The van der Waals surface area contributed by atoms with E-state index in [1.807, 2.05) is 0 Å². The number of nitrogens with one attached hydrogen (secondary N) is 1. The SMILES string of the molecule is Cn1nccc1S(=O)(=O)Nc1ncc(Br)s1. The van der Waals surface area contributed by atoms with Gasteiger partial charge in [-0.2, -0.15) is 13.5 Å². The monoisotopic (exact) mass is 322 g/mol. The molecule has 0 aliphatic carbocycles. The average Bonchev–Trinajstić information content (AvgIpc) is 2.74. The third kappa shape index (κ3) is 2.25. The zero-order valence-corrected chi connectivity index (χ0v) is 11.3. The van der Waals surface area contributed by atoms with Crippen molar-refractivity contribution < 1.29 is 8.42 Å². The van der Waals surface area contributed by atoms with E-state index in [9.17, 15) is 8.42 Å². The maximum absolute atomic E-state index is 11.9. The predicted octanol–water partition coefficient (Wildman–Crippen LogP) is 1.44. The molecule has 2 aromatic rings. The number of thiazole rings is 1. The maximum Gasteiger partial charge on any atom is 0.280 e. The van der Waals surface area contributed by atoms with E-state index in [2.05, 4.69) is 30.7 Å². The summed E-state index contributed by atoms with van der Waals surface area (Å²) in [5.74, 6) is 0. The highest BCUT2D eigenvalue weighted by molar-refractivity contribution is 9.11. The molecule has 0 fully saturated rings. The van der Waals surface area contributed by atoms with Gasteiger partial charge in [0, 0.05) is 7.05 Å². The summed E-state index contributed by atoms with van der Waals surface area (Å²) in [6.07, 6.45) is 2.96. The van der Waals surface area contributed by atoms with Crippen LogP contribution in [0.3, 0.4) is 0 Å². The van der Waals surface area contributed by atoms with Crippen molar-refractivity contribution in [3.05, 3.63) is 22.2 Å². The molecular weight excluding hydrogens is 316 g/mol. The Hall–Kier alpha value is -0.930. The molecule has 0 aromatic carbocycles. The molecule has 0 atom stereocenters.